The number of aliphatic hydroxyl groups is 1. The molecule has 0 saturated heterocycles. The number of H-pyrrole nitrogens is 1. The highest BCUT2D eigenvalue weighted by Crippen LogP contribution is 2.31. The zero-order valence-corrected chi connectivity index (χ0v) is 15.0. The number of nitrogens with two attached hydrogens (primary N) is 1. The zero-order valence-electron chi connectivity index (χ0n) is 14.2. The normalized spacial score (nSPS) is 19.6. The summed E-state index contributed by atoms with van der Waals surface area (Å²) in [5, 5.41) is 14.3. The standard InChI is InChI=1S/C20H21N3O2.ClH/c21-16(9-13-11-22-17-8-4-3-6-14(13)17)20(25)23-19-15-7-2-1-5-12(15)10-18(19)24;/h1-8,11,16,18-19,22,24H,9-10,21H2,(H,23,25);1H/t16-,18-,19+;/m0./s1. The van der Waals surface area contributed by atoms with Crippen LogP contribution in [0.4, 0.5) is 0 Å². The van der Waals surface area contributed by atoms with Crippen LogP contribution < -0.4 is 11.1 Å². The third-order valence-electron chi connectivity index (χ3n) is 4.95. The fraction of sp³-hybridized carbons (Fsp3) is 0.250. The van der Waals surface area contributed by atoms with Crippen molar-refractivity contribution in [1.82, 2.24) is 10.3 Å². The lowest BCUT2D eigenvalue weighted by molar-refractivity contribution is -0.123. The first kappa shape index (κ1) is 18.5. The molecule has 26 heavy (non-hydrogen) atoms. The lowest BCUT2D eigenvalue weighted by Crippen LogP contribution is -2.45. The molecule has 1 aliphatic carbocycles. The first-order chi connectivity index (χ1) is 12.1. The number of aliphatic hydroxyl groups excluding tert-OH is 1. The van der Waals surface area contributed by atoms with Crippen LogP contribution in [0, 0.1) is 0 Å². The summed E-state index contributed by atoms with van der Waals surface area (Å²) in [7, 11) is 0. The molecule has 0 unspecified atom stereocenters. The number of rotatable bonds is 4. The smallest absolute Gasteiger partial charge is 0.237 e. The SMILES string of the molecule is Cl.N[C@@H](Cc1c[nH]c2ccccc12)C(=O)N[C@@H]1c2ccccc2C[C@@H]1O. The van der Waals surface area contributed by atoms with E-state index in [9.17, 15) is 9.90 Å². The van der Waals surface area contributed by atoms with Gasteiger partial charge in [0.1, 0.15) is 0 Å². The summed E-state index contributed by atoms with van der Waals surface area (Å²) in [6, 6.07) is 14.7. The van der Waals surface area contributed by atoms with E-state index in [0.717, 1.165) is 27.6 Å². The molecule has 1 aromatic heterocycles. The summed E-state index contributed by atoms with van der Waals surface area (Å²) in [5.41, 5.74) is 10.2. The predicted molar refractivity (Wildman–Crippen MR) is 104 cm³/mol. The number of hydrogen-bond donors (Lipinski definition) is 4. The number of hydrogen-bond acceptors (Lipinski definition) is 3. The molecule has 136 valence electrons. The number of carbonyl (C=O) groups excluding carboxylic acids is 1. The summed E-state index contributed by atoms with van der Waals surface area (Å²) in [6.07, 6.45) is 2.29. The minimum atomic E-state index is -0.667. The number of aromatic nitrogens is 1. The van der Waals surface area contributed by atoms with Gasteiger partial charge >= 0.3 is 0 Å². The first-order valence-electron chi connectivity index (χ1n) is 8.50. The third kappa shape index (κ3) is 3.33. The maximum absolute atomic E-state index is 12.6. The molecule has 0 saturated carbocycles. The Morgan fingerprint density at radius 1 is 1.23 bits per heavy atom. The monoisotopic (exact) mass is 371 g/mol. The maximum atomic E-state index is 12.6. The van der Waals surface area contributed by atoms with E-state index in [2.05, 4.69) is 10.3 Å². The van der Waals surface area contributed by atoms with Crippen molar-refractivity contribution in [2.75, 3.05) is 0 Å². The minimum absolute atomic E-state index is 0. The molecule has 0 aliphatic heterocycles. The van der Waals surface area contributed by atoms with E-state index in [4.69, 9.17) is 5.73 Å². The van der Waals surface area contributed by atoms with Crippen molar-refractivity contribution in [3.8, 4) is 0 Å². The summed E-state index contributed by atoms with van der Waals surface area (Å²) in [6.45, 7) is 0. The van der Waals surface area contributed by atoms with E-state index in [-0.39, 0.29) is 18.3 Å². The molecule has 1 aliphatic rings. The van der Waals surface area contributed by atoms with E-state index in [1.165, 1.54) is 0 Å². The molecule has 3 atom stereocenters. The van der Waals surface area contributed by atoms with Crippen LogP contribution in [0.5, 0.6) is 0 Å². The van der Waals surface area contributed by atoms with Crippen LogP contribution in [-0.2, 0) is 17.6 Å². The Bertz CT molecular complexity index is 924. The molecule has 4 rings (SSSR count). The van der Waals surface area contributed by atoms with Crippen molar-refractivity contribution < 1.29 is 9.90 Å². The van der Waals surface area contributed by atoms with Gasteiger partial charge < -0.3 is 21.1 Å². The lowest BCUT2D eigenvalue weighted by Gasteiger charge is -2.20. The zero-order chi connectivity index (χ0) is 17.4. The van der Waals surface area contributed by atoms with Gasteiger partial charge in [0, 0.05) is 23.5 Å². The Balaban J connectivity index is 0.00000196. The summed E-state index contributed by atoms with van der Waals surface area (Å²) >= 11 is 0. The fourth-order valence-corrected chi connectivity index (χ4v) is 3.64. The Labute approximate surface area is 158 Å². The molecule has 5 nitrogen and oxygen atoms in total. The van der Waals surface area contributed by atoms with E-state index >= 15 is 0 Å². The number of aromatic amines is 1. The second kappa shape index (κ2) is 7.50. The Hall–Kier alpha value is -2.34. The van der Waals surface area contributed by atoms with Crippen LogP contribution in [0.3, 0.4) is 0 Å². The fourth-order valence-electron chi connectivity index (χ4n) is 3.64. The molecule has 0 bridgehead atoms. The number of amides is 1. The maximum Gasteiger partial charge on any atom is 0.237 e. The second-order valence-electron chi connectivity index (χ2n) is 6.63. The summed E-state index contributed by atoms with van der Waals surface area (Å²) < 4.78 is 0. The minimum Gasteiger partial charge on any atom is -0.390 e. The topological polar surface area (TPSA) is 91.1 Å². The first-order valence-corrected chi connectivity index (χ1v) is 8.50. The van der Waals surface area contributed by atoms with E-state index in [1.807, 2.05) is 54.7 Å². The highest BCUT2D eigenvalue weighted by molar-refractivity contribution is 5.86. The molecular formula is C20H22ClN3O2. The van der Waals surface area contributed by atoms with Crippen molar-refractivity contribution in [3.05, 3.63) is 71.4 Å². The van der Waals surface area contributed by atoms with Crippen LogP contribution in [0.15, 0.2) is 54.7 Å². The Kier molecular flexibility index (Phi) is 5.32. The quantitative estimate of drug-likeness (QED) is 0.566. The van der Waals surface area contributed by atoms with Crippen molar-refractivity contribution in [3.63, 3.8) is 0 Å². The van der Waals surface area contributed by atoms with Gasteiger partial charge in [0.15, 0.2) is 0 Å². The van der Waals surface area contributed by atoms with Crippen molar-refractivity contribution in [2.45, 2.75) is 31.0 Å². The van der Waals surface area contributed by atoms with Gasteiger partial charge in [-0.05, 0) is 29.2 Å². The number of carbonyl (C=O) groups is 1. The van der Waals surface area contributed by atoms with Gasteiger partial charge in [-0.2, -0.15) is 0 Å². The van der Waals surface area contributed by atoms with Crippen molar-refractivity contribution in [1.29, 1.82) is 0 Å². The lowest BCUT2D eigenvalue weighted by atomic mass is 10.0. The molecule has 2 aromatic carbocycles. The van der Waals surface area contributed by atoms with Gasteiger partial charge in [-0.25, -0.2) is 0 Å². The largest absolute Gasteiger partial charge is 0.390 e. The van der Waals surface area contributed by atoms with Gasteiger partial charge in [0.2, 0.25) is 5.91 Å². The number of halogens is 1. The molecule has 1 amide bonds. The molecule has 1 heterocycles. The van der Waals surface area contributed by atoms with Gasteiger partial charge in [-0.15, -0.1) is 12.4 Å². The molecule has 0 radical (unpaired) electrons. The van der Waals surface area contributed by atoms with Crippen LogP contribution in [0.2, 0.25) is 0 Å². The molecule has 0 fully saturated rings. The molecule has 6 heteroatoms. The average Bonchev–Trinajstić information content (AvgIpc) is 3.16. The van der Waals surface area contributed by atoms with E-state index in [0.29, 0.717) is 12.8 Å². The summed E-state index contributed by atoms with van der Waals surface area (Å²) in [5.74, 6) is -0.244. The second-order valence-corrected chi connectivity index (χ2v) is 6.63. The van der Waals surface area contributed by atoms with Gasteiger partial charge in [0.25, 0.3) is 0 Å². The number of benzene rings is 2. The van der Waals surface area contributed by atoms with Gasteiger partial charge in [0.05, 0.1) is 18.2 Å². The number of fused-ring (bicyclic) bond motifs is 2. The molecule has 3 aromatic rings. The van der Waals surface area contributed by atoms with Crippen molar-refractivity contribution >= 4 is 29.2 Å². The Morgan fingerprint density at radius 3 is 2.81 bits per heavy atom. The van der Waals surface area contributed by atoms with E-state index < -0.39 is 18.2 Å². The van der Waals surface area contributed by atoms with Crippen LogP contribution >= 0.6 is 12.4 Å². The van der Waals surface area contributed by atoms with Gasteiger partial charge in [-0.3, -0.25) is 4.79 Å². The number of nitrogens with one attached hydrogen (secondary N) is 2. The van der Waals surface area contributed by atoms with E-state index in [1.54, 1.807) is 0 Å². The molecule has 5 N–H and O–H groups in total. The number of para-hydroxylation sites is 1. The molecular weight excluding hydrogens is 350 g/mol. The highest BCUT2D eigenvalue weighted by Gasteiger charge is 2.32. The van der Waals surface area contributed by atoms with Crippen molar-refractivity contribution in [2.24, 2.45) is 5.73 Å². The third-order valence-corrected chi connectivity index (χ3v) is 4.95. The Morgan fingerprint density at radius 2 is 1.96 bits per heavy atom. The van der Waals surface area contributed by atoms with Crippen LogP contribution in [-0.4, -0.2) is 28.1 Å². The molecule has 0 spiro atoms. The summed E-state index contributed by atoms with van der Waals surface area (Å²) in [4.78, 5) is 15.8. The average molecular weight is 372 g/mol. The highest BCUT2D eigenvalue weighted by atomic mass is 35.5. The van der Waals surface area contributed by atoms with Crippen LogP contribution in [0.1, 0.15) is 22.7 Å². The van der Waals surface area contributed by atoms with Crippen LogP contribution in [0.25, 0.3) is 10.9 Å². The van der Waals surface area contributed by atoms with Gasteiger partial charge in [-0.1, -0.05) is 42.5 Å². The predicted octanol–water partition coefficient (Wildman–Crippen LogP) is 2.23.